The second-order valence-corrected chi connectivity index (χ2v) is 4.55. The van der Waals surface area contributed by atoms with Gasteiger partial charge < -0.3 is 10.5 Å². The third-order valence-electron chi connectivity index (χ3n) is 3.19. The summed E-state index contributed by atoms with van der Waals surface area (Å²) in [6.45, 7) is 4.87. The van der Waals surface area contributed by atoms with Crippen molar-refractivity contribution in [1.29, 1.82) is 0 Å². The number of ether oxygens (including phenoxy) is 1. The average Bonchev–Trinajstić information content (AvgIpc) is 2.85. The van der Waals surface area contributed by atoms with Gasteiger partial charge in [0, 0.05) is 24.6 Å². The first-order valence-electron chi connectivity index (χ1n) is 6.42. The van der Waals surface area contributed by atoms with Crippen molar-refractivity contribution in [3.05, 3.63) is 41.5 Å². The van der Waals surface area contributed by atoms with Gasteiger partial charge in [0.05, 0.1) is 7.11 Å². The SMILES string of the molecule is CCn1ncnc1CC(N)c1ccc(C)cc1OC. The summed E-state index contributed by atoms with van der Waals surface area (Å²) in [4.78, 5) is 4.26. The predicted octanol–water partition coefficient (Wildman–Crippen LogP) is 1.86. The van der Waals surface area contributed by atoms with Crippen molar-refractivity contribution in [2.24, 2.45) is 5.73 Å². The summed E-state index contributed by atoms with van der Waals surface area (Å²) in [5.74, 6) is 1.73. The maximum absolute atomic E-state index is 6.28. The summed E-state index contributed by atoms with van der Waals surface area (Å²) in [6, 6.07) is 5.91. The number of nitrogens with zero attached hydrogens (tertiary/aromatic N) is 3. The maximum Gasteiger partial charge on any atom is 0.138 e. The van der Waals surface area contributed by atoms with E-state index in [4.69, 9.17) is 10.5 Å². The van der Waals surface area contributed by atoms with Crippen LogP contribution < -0.4 is 10.5 Å². The molecule has 1 heterocycles. The summed E-state index contributed by atoms with van der Waals surface area (Å²) >= 11 is 0. The smallest absolute Gasteiger partial charge is 0.138 e. The monoisotopic (exact) mass is 260 g/mol. The van der Waals surface area contributed by atoms with Gasteiger partial charge in [-0.25, -0.2) is 4.98 Å². The van der Waals surface area contributed by atoms with Crippen LogP contribution in [0.4, 0.5) is 0 Å². The molecule has 5 heteroatoms. The average molecular weight is 260 g/mol. The van der Waals surface area contributed by atoms with Crippen molar-refractivity contribution in [2.75, 3.05) is 7.11 Å². The van der Waals surface area contributed by atoms with Gasteiger partial charge in [0.15, 0.2) is 0 Å². The van der Waals surface area contributed by atoms with Crippen LogP contribution in [-0.4, -0.2) is 21.9 Å². The van der Waals surface area contributed by atoms with Crippen molar-refractivity contribution in [3.63, 3.8) is 0 Å². The number of nitrogens with two attached hydrogens (primary N) is 1. The number of hydrogen-bond donors (Lipinski definition) is 1. The van der Waals surface area contributed by atoms with Crippen LogP contribution in [0.2, 0.25) is 0 Å². The fourth-order valence-corrected chi connectivity index (χ4v) is 2.14. The van der Waals surface area contributed by atoms with Gasteiger partial charge in [-0.1, -0.05) is 12.1 Å². The van der Waals surface area contributed by atoms with Crippen molar-refractivity contribution in [2.45, 2.75) is 32.9 Å². The molecule has 0 fully saturated rings. The van der Waals surface area contributed by atoms with E-state index in [0.29, 0.717) is 6.42 Å². The van der Waals surface area contributed by atoms with Crippen molar-refractivity contribution >= 4 is 0 Å². The van der Waals surface area contributed by atoms with Gasteiger partial charge in [0.2, 0.25) is 0 Å². The Morgan fingerprint density at radius 1 is 1.42 bits per heavy atom. The molecule has 1 atom stereocenters. The first kappa shape index (κ1) is 13.5. The molecule has 1 unspecified atom stereocenters. The molecule has 0 radical (unpaired) electrons. The molecule has 102 valence electrons. The highest BCUT2D eigenvalue weighted by molar-refractivity contribution is 5.39. The zero-order valence-electron chi connectivity index (χ0n) is 11.6. The minimum Gasteiger partial charge on any atom is -0.496 e. The fraction of sp³-hybridized carbons (Fsp3) is 0.429. The number of methoxy groups -OCH3 is 1. The van der Waals surface area contributed by atoms with Crippen LogP contribution in [0.3, 0.4) is 0 Å². The lowest BCUT2D eigenvalue weighted by molar-refractivity contribution is 0.404. The molecule has 0 bridgehead atoms. The molecule has 0 saturated carbocycles. The van der Waals surface area contributed by atoms with Crippen molar-refractivity contribution in [1.82, 2.24) is 14.8 Å². The molecular weight excluding hydrogens is 240 g/mol. The van der Waals surface area contributed by atoms with Crippen LogP contribution in [0.15, 0.2) is 24.5 Å². The van der Waals surface area contributed by atoms with Crippen LogP contribution in [0.25, 0.3) is 0 Å². The lowest BCUT2D eigenvalue weighted by atomic mass is 10.0. The minimum absolute atomic E-state index is 0.148. The Kier molecular flexibility index (Phi) is 4.16. The first-order valence-corrected chi connectivity index (χ1v) is 6.42. The van der Waals surface area contributed by atoms with Gasteiger partial charge in [-0.3, -0.25) is 4.68 Å². The second-order valence-electron chi connectivity index (χ2n) is 4.55. The summed E-state index contributed by atoms with van der Waals surface area (Å²) in [5, 5.41) is 4.16. The van der Waals surface area contributed by atoms with Gasteiger partial charge in [-0.2, -0.15) is 5.10 Å². The highest BCUT2D eigenvalue weighted by Gasteiger charge is 2.15. The molecule has 0 amide bonds. The standard InChI is InChI=1S/C14H20N4O/c1-4-18-14(16-9-17-18)8-12(15)11-6-5-10(2)7-13(11)19-3/h5-7,9,12H,4,8,15H2,1-3H3. The lowest BCUT2D eigenvalue weighted by Crippen LogP contribution is -2.17. The van der Waals surface area contributed by atoms with Crippen molar-refractivity contribution in [3.8, 4) is 5.75 Å². The molecule has 1 aromatic carbocycles. The summed E-state index contributed by atoms with van der Waals surface area (Å²) in [6.07, 6.45) is 2.21. The molecule has 0 spiro atoms. The van der Waals surface area contributed by atoms with Crippen molar-refractivity contribution < 1.29 is 4.74 Å². The van der Waals surface area contributed by atoms with Crippen LogP contribution in [-0.2, 0) is 13.0 Å². The molecule has 0 aliphatic carbocycles. The van der Waals surface area contributed by atoms with Crippen LogP contribution >= 0.6 is 0 Å². The molecule has 0 aliphatic heterocycles. The summed E-state index contributed by atoms with van der Waals surface area (Å²) in [7, 11) is 1.67. The number of aromatic nitrogens is 3. The minimum atomic E-state index is -0.148. The quantitative estimate of drug-likeness (QED) is 0.891. The van der Waals surface area contributed by atoms with Crippen LogP contribution in [0.5, 0.6) is 5.75 Å². The van der Waals surface area contributed by atoms with Gasteiger partial charge in [-0.05, 0) is 25.5 Å². The largest absolute Gasteiger partial charge is 0.496 e. The van der Waals surface area contributed by atoms with Crippen LogP contribution in [0, 0.1) is 6.92 Å². The van der Waals surface area contributed by atoms with E-state index in [2.05, 4.69) is 10.1 Å². The normalized spacial score (nSPS) is 12.4. The van der Waals surface area contributed by atoms with E-state index in [0.717, 1.165) is 29.2 Å². The predicted molar refractivity (Wildman–Crippen MR) is 74.1 cm³/mol. The second kappa shape index (κ2) is 5.84. The van der Waals surface area contributed by atoms with E-state index < -0.39 is 0 Å². The van der Waals surface area contributed by atoms with Crippen LogP contribution in [0.1, 0.15) is 29.9 Å². The number of aryl methyl sites for hydroxylation is 2. The topological polar surface area (TPSA) is 66.0 Å². The van der Waals surface area contributed by atoms with E-state index in [1.54, 1.807) is 13.4 Å². The van der Waals surface area contributed by atoms with Gasteiger partial charge in [-0.15, -0.1) is 0 Å². The Balaban J connectivity index is 2.22. The summed E-state index contributed by atoms with van der Waals surface area (Å²) in [5.41, 5.74) is 8.43. The molecule has 2 aromatic rings. The molecule has 0 aliphatic rings. The van der Waals surface area contributed by atoms with E-state index >= 15 is 0 Å². The number of benzene rings is 1. The Morgan fingerprint density at radius 3 is 2.89 bits per heavy atom. The summed E-state index contributed by atoms with van der Waals surface area (Å²) < 4.78 is 7.26. The first-order chi connectivity index (χ1) is 9.15. The van der Waals surface area contributed by atoms with E-state index in [1.807, 2.05) is 36.7 Å². The zero-order chi connectivity index (χ0) is 13.8. The third kappa shape index (κ3) is 2.93. The van der Waals surface area contributed by atoms with E-state index in [-0.39, 0.29) is 6.04 Å². The van der Waals surface area contributed by atoms with Gasteiger partial charge in [0.1, 0.15) is 17.9 Å². The highest BCUT2D eigenvalue weighted by Crippen LogP contribution is 2.26. The molecule has 19 heavy (non-hydrogen) atoms. The molecule has 5 nitrogen and oxygen atoms in total. The maximum atomic E-state index is 6.28. The van der Waals surface area contributed by atoms with E-state index in [9.17, 15) is 0 Å². The molecule has 2 N–H and O–H groups in total. The van der Waals surface area contributed by atoms with Gasteiger partial charge >= 0.3 is 0 Å². The zero-order valence-corrected chi connectivity index (χ0v) is 11.6. The molecule has 0 saturated heterocycles. The van der Waals surface area contributed by atoms with E-state index in [1.165, 1.54) is 0 Å². The number of rotatable bonds is 5. The molecular formula is C14H20N4O. The Hall–Kier alpha value is -1.88. The Morgan fingerprint density at radius 2 is 2.21 bits per heavy atom. The fourth-order valence-electron chi connectivity index (χ4n) is 2.14. The third-order valence-corrected chi connectivity index (χ3v) is 3.19. The highest BCUT2D eigenvalue weighted by atomic mass is 16.5. The Labute approximate surface area is 113 Å². The molecule has 2 rings (SSSR count). The molecule has 1 aromatic heterocycles. The number of hydrogen-bond acceptors (Lipinski definition) is 4. The Bertz CT molecular complexity index is 550. The lowest BCUT2D eigenvalue weighted by Gasteiger charge is -2.16. The van der Waals surface area contributed by atoms with Gasteiger partial charge in [0.25, 0.3) is 0 Å².